The highest BCUT2D eigenvalue weighted by Crippen LogP contribution is 2.35. The maximum absolute atomic E-state index is 14.9. The standard InChI is InChI=1S/C33H29F2NO.ClH/c1-21(23-9-7-12-31(19-23)37-3)36-22(2)26-14-25-8-4-5-13-32(25)33(20-26)28-15-27(17-30(35)18-28)24-10-6-11-29(34)16-24;/h4-22,36H,1-3H3;1H/t21-,22?;/m1./s1. The monoisotopic (exact) mass is 529 g/mol. The van der Waals surface area contributed by atoms with E-state index in [-0.39, 0.29) is 36.1 Å². The van der Waals surface area contributed by atoms with E-state index >= 15 is 0 Å². The highest BCUT2D eigenvalue weighted by atomic mass is 35.5. The fourth-order valence-corrected chi connectivity index (χ4v) is 4.88. The SMILES string of the molecule is COc1cccc([C@@H](C)NC(C)c2cc(-c3cc(F)cc(-c4cccc(F)c4)c3)c3ccccc3c2)c1.Cl. The molecule has 5 aromatic carbocycles. The van der Waals surface area contributed by atoms with Crippen LogP contribution in [0.2, 0.25) is 0 Å². The number of nitrogens with one attached hydrogen (secondary N) is 1. The summed E-state index contributed by atoms with van der Waals surface area (Å²) in [5, 5.41) is 5.81. The van der Waals surface area contributed by atoms with Crippen LogP contribution < -0.4 is 10.1 Å². The van der Waals surface area contributed by atoms with E-state index in [0.29, 0.717) is 11.1 Å². The van der Waals surface area contributed by atoms with Crippen molar-refractivity contribution in [1.29, 1.82) is 0 Å². The number of fused-ring (bicyclic) bond motifs is 1. The molecule has 0 saturated heterocycles. The molecule has 2 atom stereocenters. The van der Waals surface area contributed by atoms with Crippen molar-refractivity contribution in [3.8, 4) is 28.0 Å². The molecular formula is C33H30ClF2NO. The maximum Gasteiger partial charge on any atom is 0.124 e. The van der Waals surface area contributed by atoms with Crippen LogP contribution in [0, 0.1) is 11.6 Å². The van der Waals surface area contributed by atoms with Gasteiger partial charge in [0.15, 0.2) is 0 Å². The number of hydrogen-bond donors (Lipinski definition) is 1. The van der Waals surface area contributed by atoms with Gasteiger partial charge in [-0.05, 0) is 113 Å². The minimum Gasteiger partial charge on any atom is -0.497 e. The first kappa shape index (κ1) is 27.3. The van der Waals surface area contributed by atoms with Gasteiger partial charge in [0.1, 0.15) is 17.4 Å². The Labute approximate surface area is 228 Å². The summed E-state index contributed by atoms with van der Waals surface area (Å²) in [4.78, 5) is 0. The number of hydrogen-bond acceptors (Lipinski definition) is 2. The largest absolute Gasteiger partial charge is 0.497 e. The summed E-state index contributed by atoms with van der Waals surface area (Å²) in [6.07, 6.45) is 0. The summed E-state index contributed by atoms with van der Waals surface area (Å²) in [5.74, 6) is 0.122. The van der Waals surface area contributed by atoms with E-state index in [0.717, 1.165) is 38.8 Å². The van der Waals surface area contributed by atoms with Crippen LogP contribution in [-0.2, 0) is 0 Å². The van der Waals surface area contributed by atoms with Crippen molar-refractivity contribution < 1.29 is 13.5 Å². The Morgan fingerprint density at radius 2 is 1.34 bits per heavy atom. The predicted octanol–water partition coefficient (Wildman–Crippen LogP) is 9.29. The van der Waals surface area contributed by atoms with Crippen molar-refractivity contribution in [1.82, 2.24) is 5.32 Å². The molecule has 0 aliphatic heterocycles. The van der Waals surface area contributed by atoms with Crippen LogP contribution in [0.4, 0.5) is 8.78 Å². The van der Waals surface area contributed by atoms with Crippen LogP contribution in [0.5, 0.6) is 5.75 Å². The van der Waals surface area contributed by atoms with Crippen molar-refractivity contribution in [2.45, 2.75) is 25.9 Å². The lowest BCUT2D eigenvalue weighted by Gasteiger charge is -2.23. The van der Waals surface area contributed by atoms with Gasteiger partial charge >= 0.3 is 0 Å². The average Bonchev–Trinajstić information content (AvgIpc) is 2.92. The summed E-state index contributed by atoms with van der Waals surface area (Å²) < 4.78 is 34.1. The van der Waals surface area contributed by atoms with E-state index in [1.54, 1.807) is 25.3 Å². The van der Waals surface area contributed by atoms with E-state index < -0.39 is 0 Å². The third-order valence-corrected chi connectivity index (χ3v) is 6.84. The van der Waals surface area contributed by atoms with Crippen LogP contribution in [0.1, 0.15) is 37.1 Å². The molecule has 38 heavy (non-hydrogen) atoms. The second kappa shape index (κ2) is 11.8. The first-order chi connectivity index (χ1) is 17.9. The van der Waals surface area contributed by atoms with Crippen molar-refractivity contribution >= 4 is 23.2 Å². The highest BCUT2D eigenvalue weighted by molar-refractivity contribution is 5.98. The Kier molecular flexibility index (Phi) is 8.45. The lowest BCUT2D eigenvalue weighted by atomic mass is 9.91. The maximum atomic E-state index is 14.9. The van der Waals surface area contributed by atoms with Gasteiger partial charge < -0.3 is 10.1 Å². The van der Waals surface area contributed by atoms with Crippen molar-refractivity contribution in [2.24, 2.45) is 0 Å². The Morgan fingerprint density at radius 3 is 2.13 bits per heavy atom. The second-order valence-corrected chi connectivity index (χ2v) is 9.42. The zero-order valence-corrected chi connectivity index (χ0v) is 22.4. The van der Waals surface area contributed by atoms with Crippen molar-refractivity contribution in [2.75, 3.05) is 7.11 Å². The summed E-state index contributed by atoms with van der Waals surface area (Å²) >= 11 is 0. The van der Waals surface area contributed by atoms with Gasteiger partial charge in [0.05, 0.1) is 7.11 Å². The molecule has 0 aliphatic rings. The Hall–Kier alpha value is -3.73. The normalized spacial score (nSPS) is 12.6. The molecule has 5 heteroatoms. The first-order valence-corrected chi connectivity index (χ1v) is 12.4. The molecular weight excluding hydrogens is 500 g/mol. The molecule has 5 rings (SSSR count). The molecule has 0 heterocycles. The highest BCUT2D eigenvalue weighted by Gasteiger charge is 2.16. The van der Waals surface area contributed by atoms with E-state index in [1.165, 1.54) is 18.2 Å². The lowest BCUT2D eigenvalue weighted by Crippen LogP contribution is -2.22. The van der Waals surface area contributed by atoms with Crippen LogP contribution in [0.25, 0.3) is 33.0 Å². The van der Waals surface area contributed by atoms with Gasteiger partial charge in [-0.2, -0.15) is 0 Å². The summed E-state index contributed by atoms with van der Waals surface area (Å²) in [6.45, 7) is 4.26. The number of benzene rings is 5. The van der Waals surface area contributed by atoms with Gasteiger partial charge in [-0.3, -0.25) is 0 Å². The molecule has 0 radical (unpaired) electrons. The molecule has 0 aliphatic carbocycles. The van der Waals surface area contributed by atoms with Gasteiger partial charge in [0.2, 0.25) is 0 Å². The molecule has 0 bridgehead atoms. The van der Waals surface area contributed by atoms with Crippen molar-refractivity contribution in [3.63, 3.8) is 0 Å². The van der Waals surface area contributed by atoms with E-state index in [1.807, 2.05) is 36.4 Å². The third-order valence-electron chi connectivity index (χ3n) is 6.84. The first-order valence-electron chi connectivity index (χ1n) is 12.4. The van der Waals surface area contributed by atoms with E-state index in [2.05, 4.69) is 49.5 Å². The third kappa shape index (κ3) is 5.88. The van der Waals surface area contributed by atoms with Gasteiger partial charge in [-0.25, -0.2) is 8.78 Å². The van der Waals surface area contributed by atoms with Gasteiger partial charge in [0.25, 0.3) is 0 Å². The summed E-state index contributed by atoms with van der Waals surface area (Å²) in [5.41, 5.74) is 5.21. The van der Waals surface area contributed by atoms with E-state index in [9.17, 15) is 8.78 Å². The van der Waals surface area contributed by atoms with Gasteiger partial charge in [-0.15, -0.1) is 12.4 Å². The topological polar surface area (TPSA) is 21.3 Å². The Balaban J connectivity index is 0.00000336. The Morgan fingerprint density at radius 1 is 0.632 bits per heavy atom. The Bertz CT molecular complexity index is 1570. The quantitative estimate of drug-likeness (QED) is 0.227. The predicted molar refractivity (Wildman–Crippen MR) is 155 cm³/mol. The molecule has 2 nitrogen and oxygen atoms in total. The van der Waals surface area contributed by atoms with Crippen molar-refractivity contribution in [3.05, 3.63) is 126 Å². The lowest BCUT2D eigenvalue weighted by molar-refractivity contribution is 0.412. The van der Waals surface area contributed by atoms with Crippen LogP contribution >= 0.6 is 12.4 Å². The van der Waals surface area contributed by atoms with Crippen LogP contribution in [-0.4, -0.2) is 7.11 Å². The van der Waals surface area contributed by atoms with Gasteiger partial charge in [-0.1, -0.05) is 48.5 Å². The second-order valence-electron chi connectivity index (χ2n) is 9.42. The molecule has 0 aromatic heterocycles. The molecule has 0 spiro atoms. The minimum absolute atomic E-state index is 0. The number of methoxy groups -OCH3 is 1. The number of ether oxygens (including phenoxy) is 1. The molecule has 1 N–H and O–H groups in total. The smallest absolute Gasteiger partial charge is 0.124 e. The van der Waals surface area contributed by atoms with E-state index in [4.69, 9.17) is 4.74 Å². The molecule has 1 unspecified atom stereocenters. The zero-order chi connectivity index (χ0) is 25.9. The number of halogens is 3. The zero-order valence-electron chi connectivity index (χ0n) is 21.5. The fraction of sp³-hybridized carbons (Fsp3) is 0.152. The molecule has 5 aromatic rings. The molecule has 194 valence electrons. The number of rotatable bonds is 7. The summed E-state index contributed by atoms with van der Waals surface area (Å²) in [6, 6.07) is 31.8. The molecule has 0 fully saturated rings. The van der Waals surface area contributed by atoms with Crippen LogP contribution in [0.15, 0.2) is 103 Å². The fourth-order valence-electron chi connectivity index (χ4n) is 4.88. The van der Waals surface area contributed by atoms with Crippen LogP contribution in [0.3, 0.4) is 0 Å². The molecule has 0 saturated carbocycles. The minimum atomic E-state index is -0.357. The molecule has 0 amide bonds. The average molecular weight is 530 g/mol. The van der Waals surface area contributed by atoms with Gasteiger partial charge in [0, 0.05) is 12.1 Å². The summed E-state index contributed by atoms with van der Waals surface area (Å²) in [7, 11) is 1.67.